The van der Waals surface area contributed by atoms with E-state index in [4.69, 9.17) is 27.9 Å². The Hall–Kier alpha value is -2.60. The summed E-state index contributed by atoms with van der Waals surface area (Å²) in [6, 6.07) is 12.9. The van der Waals surface area contributed by atoms with Crippen molar-refractivity contribution < 1.29 is 14.3 Å². The number of anilines is 1. The van der Waals surface area contributed by atoms with E-state index in [1.807, 2.05) is 36.6 Å². The quantitative estimate of drug-likeness (QED) is 0.361. The number of carbonyl (C=O) groups is 2. The van der Waals surface area contributed by atoms with Gasteiger partial charge in [0.25, 0.3) is 0 Å². The number of aryl methyl sites for hydroxylation is 1. The first-order valence-corrected chi connectivity index (χ1v) is 10.2. The van der Waals surface area contributed by atoms with Crippen molar-refractivity contribution in [1.82, 2.24) is 0 Å². The Bertz CT molecular complexity index is 1070. The highest BCUT2D eigenvalue weighted by atomic mass is 35.5. The summed E-state index contributed by atoms with van der Waals surface area (Å²) in [5, 5.41) is 5.85. The molecule has 0 bridgehead atoms. The number of rotatable bonds is 5. The zero-order chi connectivity index (χ0) is 21.0. The number of carbonyl (C=O) groups excluding carboxylic acids is 2. The van der Waals surface area contributed by atoms with Gasteiger partial charge in [0.05, 0.1) is 7.11 Å². The molecule has 1 aromatic heterocycles. The molecule has 0 spiro atoms. The Kier molecular flexibility index (Phi) is 6.75. The number of hydrogen-bond donors (Lipinski definition) is 1. The van der Waals surface area contributed by atoms with E-state index < -0.39 is 11.9 Å². The maximum Gasteiger partial charge on any atom is 0.341 e. The number of halogens is 2. The predicted molar refractivity (Wildman–Crippen MR) is 120 cm³/mol. The van der Waals surface area contributed by atoms with Gasteiger partial charge in [0.1, 0.15) is 10.6 Å². The van der Waals surface area contributed by atoms with Crippen LogP contribution in [0.2, 0.25) is 10.0 Å². The molecule has 2 aromatic carbocycles. The van der Waals surface area contributed by atoms with Crippen molar-refractivity contribution in [3.8, 4) is 11.1 Å². The van der Waals surface area contributed by atoms with Crippen LogP contribution < -0.4 is 5.32 Å². The van der Waals surface area contributed by atoms with E-state index in [0.29, 0.717) is 31.7 Å². The van der Waals surface area contributed by atoms with E-state index in [2.05, 4.69) is 5.32 Å². The molecule has 29 heavy (non-hydrogen) atoms. The third-order valence-corrected chi connectivity index (χ3v) is 5.74. The lowest BCUT2D eigenvalue weighted by molar-refractivity contribution is -0.111. The predicted octanol–water partition coefficient (Wildman–Crippen LogP) is 6.47. The molecule has 7 heteroatoms. The van der Waals surface area contributed by atoms with Crippen molar-refractivity contribution in [2.75, 3.05) is 12.4 Å². The van der Waals surface area contributed by atoms with Crippen LogP contribution in [0, 0.1) is 6.92 Å². The standard InChI is InChI=1S/C22H17Cl2NO3S/c1-13-6-8-14(9-7-13)16-12-29-21(20(16)22(27)28-2)25-19(26)11-10-15-17(23)4-3-5-18(15)24/h3-12H,1-2H3,(H,25,26). The molecule has 148 valence electrons. The van der Waals surface area contributed by atoms with Crippen LogP contribution in [0.4, 0.5) is 5.00 Å². The third-order valence-electron chi connectivity index (χ3n) is 4.18. The maximum absolute atomic E-state index is 12.4. The second kappa shape index (κ2) is 9.27. The minimum Gasteiger partial charge on any atom is -0.465 e. The highest BCUT2D eigenvalue weighted by molar-refractivity contribution is 7.15. The molecule has 0 aliphatic heterocycles. The Morgan fingerprint density at radius 3 is 2.34 bits per heavy atom. The molecule has 4 nitrogen and oxygen atoms in total. The van der Waals surface area contributed by atoms with Crippen LogP contribution in [-0.2, 0) is 9.53 Å². The fraction of sp³-hybridized carbons (Fsp3) is 0.0909. The molecule has 1 amide bonds. The molecule has 0 atom stereocenters. The zero-order valence-corrected chi connectivity index (χ0v) is 18.0. The van der Waals surface area contributed by atoms with Gasteiger partial charge in [-0.1, -0.05) is 59.1 Å². The summed E-state index contributed by atoms with van der Waals surface area (Å²) in [6.45, 7) is 1.99. The van der Waals surface area contributed by atoms with Gasteiger partial charge in [0.15, 0.2) is 0 Å². The summed E-state index contributed by atoms with van der Waals surface area (Å²) in [5.74, 6) is -0.932. The van der Waals surface area contributed by atoms with Crippen LogP contribution in [0.3, 0.4) is 0 Å². The Labute approximate surface area is 182 Å². The number of methoxy groups -OCH3 is 1. The van der Waals surface area contributed by atoms with Gasteiger partial charge in [-0.15, -0.1) is 11.3 Å². The van der Waals surface area contributed by atoms with Crippen molar-refractivity contribution in [2.24, 2.45) is 0 Å². The first-order valence-electron chi connectivity index (χ1n) is 8.60. The van der Waals surface area contributed by atoms with Crippen molar-refractivity contribution in [3.05, 3.63) is 80.7 Å². The molecule has 0 saturated heterocycles. The van der Waals surface area contributed by atoms with Gasteiger partial charge in [0, 0.05) is 32.6 Å². The molecule has 0 fully saturated rings. The van der Waals surface area contributed by atoms with Gasteiger partial charge in [-0.2, -0.15) is 0 Å². The van der Waals surface area contributed by atoms with Gasteiger partial charge in [0.2, 0.25) is 5.91 Å². The van der Waals surface area contributed by atoms with Gasteiger partial charge in [-0.3, -0.25) is 4.79 Å². The largest absolute Gasteiger partial charge is 0.465 e. The van der Waals surface area contributed by atoms with Crippen molar-refractivity contribution in [3.63, 3.8) is 0 Å². The molecule has 1 N–H and O–H groups in total. The molecule has 0 unspecified atom stereocenters. The summed E-state index contributed by atoms with van der Waals surface area (Å²) < 4.78 is 4.93. The SMILES string of the molecule is COC(=O)c1c(-c2ccc(C)cc2)csc1NC(=O)C=Cc1c(Cl)cccc1Cl. The normalized spacial score (nSPS) is 10.9. The Balaban J connectivity index is 1.89. The number of thiophene rings is 1. The third kappa shape index (κ3) is 4.88. The summed E-state index contributed by atoms with van der Waals surface area (Å²) in [6.07, 6.45) is 2.85. The van der Waals surface area contributed by atoms with Gasteiger partial charge >= 0.3 is 5.97 Å². The molecule has 0 aliphatic rings. The summed E-state index contributed by atoms with van der Waals surface area (Å²) in [4.78, 5) is 24.8. The van der Waals surface area contributed by atoms with E-state index in [1.165, 1.54) is 30.6 Å². The average Bonchev–Trinajstić information content (AvgIpc) is 3.11. The lowest BCUT2D eigenvalue weighted by Crippen LogP contribution is -2.11. The first-order chi connectivity index (χ1) is 13.9. The van der Waals surface area contributed by atoms with E-state index in [0.717, 1.165) is 11.1 Å². The van der Waals surface area contributed by atoms with Crippen LogP contribution in [-0.4, -0.2) is 19.0 Å². The van der Waals surface area contributed by atoms with E-state index in [1.54, 1.807) is 18.2 Å². The molecule has 0 radical (unpaired) electrons. The van der Waals surface area contributed by atoms with E-state index in [-0.39, 0.29) is 0 Å². The van der Waals surface area contributed by atoms with Gasteiger partial charge in [-0.25, -0.2) is 4.79 Å². The number of ether oxygens (including phenoxy) is 1. The van der Waals surface area contributed by atoms with Crippen LogP contribution in [0.5, 0.6) is 0 Å². The van der Waals surface area contributed by atoms with Gasteiger partial charge < -0.3 is 10.1 Å². The molecule has 0 aliphatic carbocycles. The van der Waals surface area contributed by atoms with Crippen LogP contribution in [0.1, 0.15) is 21.5 Å². The van der Waals surface area contributed by atoms with Crippen molar-refractivity contribution in [2.45, 2.75) is 6.92 Å². The summed E-state index contributed by atoms with van der Waals surface area (Å²) in [5.41, 5.74) is 3.55. The van der Waals surface area contributed by atoms with Crippen LogP contribution in [0.15, 0.2) is 53.9 Å². The second-order valence-electron chi connectivity index (χ2n) is 6.17. The lowest BCUT2D eigenvalue weighted by Gasteiger charge is -2.07. The minimum absolute atomic E-state index is 0.318. The van der Waals surface area contributed by atoms with Crippen molar-refractivity contribution >= 4 is 57.5 Å². The molecular formula is C22H17Cl2NO3S. The molecule has 1 heterocycles. The van der Waals surface area contributed by atoms with E-state index >= 15 is 0 Å². The smallest absolute Gasteiger partial charge is 0.341 e. The highest BCUT2D eigenvalue weighted by Gasteiger charge is 2.22. The van der Waals surface area contributed by atoms with Crippen LogP contribution >= 0.6 is 34.5 Å². The molecular weight excluding hydrogens is 429 g/mol. The summed E-state index contributed by atoms with van der Waals surface area (Å²) >= 11 is 13.5. The maximum atomic E-state index is 12.4. The zero-order valence-electron chi connectivity index (χ0n) is 15.7. The Morgan fingerprint density at radius 2 is 1.72 bits per heavy atom. The topological polar surface area (TPSA) is 55.4 Å². The Morgan fingerprint density at radius 1 is 1.07 bits per heavy atom. The van der Waals surface area contributed by atoms with Gasteiger partial charge in [-0.05, 0) is 30.7 Å². The molecule has 3 aromatic rings. The second-order valence-corrected chi connectivity index (χ2v) is 7.86. The number of amides is 1. The van der Waals surface area contributed by atoms with E-state index in [9.17, 15) is 9.59 Å². The number of benzene rings is 2. The van der Waals surface area contributed by atoms with Crippen molar-refractivity contribution in [1.29, 1.82) is 0 Å². The molecule has 3 rings (SSSR count). The number of hydrogen-bond acceptors (Lipinski definition) is 4. The number of esters is 1. The minimum atomic E-state index is -0.518. The molecule has 0 saturated carbocycles. The monoisotopic (exact) mass is 445 g/mol. The summed E-state index contributed by atoms with van der Waals surface area (Å²) in [7, 11) is 1.31. The number of nitrogens with one attached hydrogen (secondary N) is 1. The van der Waals surface area contributed by atoms with Crippen LogP contribution in [0.25, 0.3) is 17.2 Å². The highest BCUT2D eigenvalue weighted by Crippen LogP contribution is 2.36. The lowest BCUT2D eigenvalue weighted by atomic mass is 10.0. The fourth-order valence-corrected chi connectivity index (χ4v) is 4.17. The average molecular weight is 446 g/mol. The first kappa shape index (κ1) is 21.1. The fourth-order valence-electron chi connectivity index (χ4n) is 2.68.